The minimum Gasteiger partial charge on any atom is -0.493 e. The van der Waals surface area contributed by atoms with Crippen molar-refractivity contribution < 1.29 is 24.1 Å². The number of amides is 1. The Kier molecular flexibility index (Phi) is 7.18. The van der Waals surface area contributed by atoms with Gasteiger partial charge in [-0.3, -0.25) is 4.79 Å². The molecule has 158 valence electrons. The number of nitrogens with one attached hydrogen (secondary N) is 1. The molecular formula is C21H29N3O5. The summed E-state index contributed by atoms with van der Waals surface area (Å²) in [6.07, 6.45) is 3.29. The number of aliphatic hydroxyl groups is 1. The van der Waals surface area contributed by atoms with Crippen molar-refractivity contribution in [3.8, 4) is 23.3 Å². The first kappa shape index (κ1) is 21.2. The number of nitriles is 1. The Balaban J connectivity index is 1.59. The van der Waals surface area contributed by atoms with Crippen LogP contribution in [0.4, 0.5) is 0 Å². The third-order valence-corrected chi connectivity index (χ3v) is 5.45. The van der Waals surface area contributed by atoms with Gasteiger partial charge in [-0.1, -0.05) is 0 Å². The number of fused-ring (bicyclic) bond motifs is 1. The molecule has 8 heteroatoms. The predicted molar refractivity (Wildman–Crippen MR) is 106 cm³/mol. The molecule has 1 aromatic rings. The quantitative estimate of drug-likeness (QED) is 0.668. The summed E-state index contributed by atoms with van der Waals surface area (Å²) in [5.41, 5.74) is -0.553. The number of carbonyl (C=O) groups is 1. The molecule has 0 spiro atoms. The molecule has 3 rings (SSSR count). The minimum atomic E-state index is -0.928. The van der Waals surface area contributed by atoms with E-state index in [-0.39, 0.29) is 12.5 Å². The van der Waals surface area contributed by atoms with E-state index in [0.29, 0.717) is 55.3 Å². The van der Waals surface area contributed by atoms with Crippen LogP contribution in [0.1, 0.15) is 42.5 Å². The highest BCUT2D eigenvalue weighted by Gasteiger charge is 2.33. The van der Waals surface area contributed by atoms with E-state index in [2.05, 4.69) is 16.3 Å². The Hall–Kier alpha value is -2.50. The lowest BCUT2D eigenvalue weighted by atomic mass is 9.91. The Bertz CT molecular complexity index is 753. The van der Waals surface area contributed by atoms with E-state index in [1.165, 1.54) is 0 Å². The van der Waals surface area contributed by atoms with Crippen molar-refractivity contribution in [3.05, 3.63) is 17.7 Å². The molecule has 0 saturated carbocycles. The third kappa shape index (κ3) is 5.31. The molecule has 29 heavy (non-hydrogen) atoms. The average molecular weight is 403 g/mol. The fourth-order valence-corrected chi connectivity index (χ4v) is 3.66. The lowest BCUT2D eigenvalue weighted by Gasteiger charge is -2.38. The van der Waals surface area contributed by atoms with Gasteiger partial charge in [0.2, 0.25) is 5.75 Å². The topological polar surface area (TPSA) is 104 Å². The molecule has 2 N–H and O–H groups in total. The number of hydrogen-bond donors (Lipinski definition) is 2. The van der Waals surface area contributed by atoms with Gasteiger partial charge in [0.1, 0.15) is 0 Å². The number of methoxy groups -OCH3 is 1. The number of likely N-dealkylation sites (tertiary alicyclic amines) is 1. The molecule has 0 atom stereocenters. The first-order valence-electron chi connectivity index (χ1n) is 10.1. The average Bonchev–Trinajstić information content (AvgIpc) is 2.99. The Morgan fingerprint density at radius 1 is 1.31 bits per heavy atom. The summed E-state index contributed by atoms with van der Waals surface area (Å²) in [7, 11) is 1.55. The lowest BCUT2D eigenvalue weighted by molar-refractivity contribution is -0.0190. The number of benzene rings is 1. The van der Waals surface area contributed by atoms with E-state index in [4.69, 9.17) is 19.5 Å². The fourth-order valence-electron chi connectivity index (χ4n) is 3.66. The Morgan fingerprint density at radius 3 is 2.72 bits per heavy atom. The smallest absolute Gasteiger partial charge is 0.255 e. The second-order valence-electron chi connectivity index (χ2n) is 7.53. The van der Waals surface area contributed by atoms with E-state index < -0.39 is 5.60 Å². The summed E-state index contributed by atoms with van der Waals surface area (Å²) < 4.78 is 16.8. The van der Waals surface area contributed by atoms with Gasteiger partial charge < -0.3 is 29.5 Å². The van der Waals surface area contributed by atoms with Crippen molar-refractivity contribution in [2.45, 2.75) is 37.7 Å². The maximum Gasteiger partial charge on any atom is 0.255 e. The molecule has 1 saturated heterocycles. The summed E-state index contributed by atoms with van der Waals surface area (Å²) in [4.78, 5) is 15.1. The highest BCUT2D eigenvalue weighted by molar-refractivity contribution is 5.98. The molecular weight excluding hydrogens is 374 g/mol. The van der Waals surface area contributed by atoms with E-state index >= 15 is 0 Å². The maximum atomic E-state index is 12.8. The number of nitrogens with zero attached hydrogens (tertiary/aromatic N) is 2. The number of rotatable bonds is 7. The van der Waals surface area contributed by atoms with Gasteiger partial charge in [0.15, 0.2) is 11.5 Å². The van der Waals surface area contributed by atoms with E-state index in [9.17, 15) is 9.90 Å². The zero-order valence-electron chi connectivity index (χ0n) is 16.9. The minimum absolute atomic E-state index is 0.180. The molecule has 1 fully saturated rings. The summed E-state index contributed by atoms with van der Waals surface area (Å²) >= 11 is 0. The molecule has 0 radical (unpaired) electrons. The Morgan fingerprint density at radius 2 is 2.03 bits per heavy atom. The zero-order chi connectivity index (χ0) is 20.7. The second kappa shape index (κ2) is 9.81. The van der Waals surface area contributed by atoms with E-state index in [1.54, 1.807) is 19.2 Å². The summed E-state index contributed by atoms with van der Waals surface area (Å²) in [5.74, 6) is 1.06. The van der Waals surface area contributed by atoms with Crippen molar-refractivity contribution in [3.63, 3.8) is 0 Å². The molecule has 1 aromatic carbocycles. The van der Waals surface area contributed by atoms with Gasteiger partial charge in [0.05, 0.1) is 37.6 Å². The Labute approximate surface area is 171 Å². The SMILES string of the molecule is COc1ccc(C(=O)NCC2(O)CCN(CCCC#N)CC2)c2c1OCCCO2. The number of carbonyl (C=O) groups excluding carboxylic acids is 1. The molecule has 8 nitrogen and oxygen atoms in total. The zero-order valence-corrected chi connectivity index (χ0v) is 16.9. The van der Waals surface area contributed by atoms with Gasteiger partial charge in [-0.15, -0.1) is 0 Å². The van der Waals surface area contributed by atoms with Crippen LogP contribution in [-0.4, -0.2) is 68.0 Å². The monoisotopic (exact) mass is 403 g/mol. The lowest BCUT2D eigenvalue weighted by Crippen LogP contribution is -2.51. The summed E-state index contributed by atoms with van der Waals surface area (Å²) in [6.45, 7) is 3.52. The van der Waals surface area contributed by atoms with Crippen LogP contribution in [0.5, 0.6) is 17.2 Å². The third-order valence-electron chi connectivity index (χ3n) is 5.45. The van der Waals surface area contributed by atoms with Gasteiger partial charge in [-0.2, -0.15) is 5.26 Å². The molecule has 2 aliphatic heterocycles. The van der Waals surface area contributed by atoms with Crippen LogP contribution in [0.15, 0.2) is 12.1 Å². The van der Waals surface area contributed by atoms with Gasteiger partial charge >= 0.3 is 0 Å². The van der Waals surface area contributed by atoms with Crippen molar-refractivity contribution in [2.24, 2.45) is 0 Å². The first-order chi connectivity index (χ1) is 14.1. The standard InChI is InChI=1S/C21H29N3O5/c1-27-17-6-5-16(18-19(17)29-14-4-13-28-18)20(25)23-15-21(26)7-11-24(12-8-21)10-3-2-9-22/h5-6,26H,2-4,7-8,10-15H2,1H3,(H,23,25). The van der Waals surface area contributed by atoms with Crippen molar-refractivity contribution in [2.75, 3.05) is 46.5 Å². The van der Waals surface area contributed by atoms with Crippen molar-refractivity contribution in [1.82, 2.24) is 10.2 Å². The summed E-state index contributed by atoms with van der Waals surface area (Å²) in [5, 5.41) is 22.4. The number of hydrogen-bond acceptors (Lipinski definition) is 7. The number of ether oxygens (including phenoxy) is 3. The van der Waals surface area contributed by atoms with Gasteiger partial charge in [0, 0.05) is 32.5 Å². The molecule has 0 unspecified atom stereocenters. The molecule has 2 heterocycles. The highest BCUT2D eigenvalue weighted by Crippen LogP contribution is 2.41. The van der Waals surface area contributed by atoms with Gasteiger partial charge in [-0.05, 0) is 37.9 Å². The van der Waals surface area contributed by atoms with Crippen LogP contribution in [0, 0.1) is 11.3 Å². The first-order valence-corrected chi connectivity index (χ1v) is 10.1. The molecule has 0 bridgehead atoms. The van der Waals surface area contributed by atoms with Crippen LogP contribution >= 0.6 is 0 Å². The van der Waals surface area contributed by atoms with Crippen LogP contribution < -0.4 is 19.5 Å². The second-order valence-corrected chi connectivity index (χ2v) is 7.53. The largest absolute Gasteiger partial charge is 0.493 e. The van der Waals surface area contributed by atoms with Crippen LogP contribution in [0.2, 0.25) is 0 Å². The molecule has 2 aliphatic rings. The summed E-state index contributed by atoms with van der Waals surface area (Å²) in [6, 6.07) is 5.50. The van der Waals surface area contributed by atoms with Gasteiger partial charge in [-0.25, -0.2) is 0 Å². The molecule has 1 amide bonds. The van der Waals surface area contributed by atoms with Crippen LogP contribution in [-0.2, 0) is 0 Å². The maximum absolute atomic E-state index is 12.8. The van der Waals surface area contributed by atoms with Crippen molar-refractivity contribution in [1.29, 1.82) is 5.26 Å². The van der Waals surface area contributed by atoms with E-state index in [1.807, 2.05) is 0 Å². The molecule has 0 aromatic heterocycles. The van der Waals surface area contributed by atoms with Crippen LogP contribution in [0.25, 0.3) is 0 Å². The van der Waals surface area contributed by atoms with E-state index in [0.717, 1.165) is 32.5 Å². The normalized spacial score (nSPS) is 18.4. The van der Waals surface area contributed by atoms with Crippen molar-refractivity contribution >= 4 is 5.91 Å². The van der Waals surface area contributed by atoms with Crippen LogP contribution in [0.3, 0.4) is 0 Å². The van der Waals surface area contributed by atoms with Gasteiger partial charge in [0.25, 0.3) is 5.91 Å². The highest BCUT2D eigenvalue weighted by atomic mass is 16.5. The molecule has 0 aliphatic carbocycles. The number of unbranched alkanes of at least 4 members (excludes halogenated alkanes) is 1. The number of piperidine rings is 1. The predicted octanol–water partition coefficient (Wildman–Crippen LogP) is 1.72. The fraction of sp³-hybridized carbons (Fsp3) is 0.619.